The molecule has 0 bridgehead atoms. The highest BCUT2D eigenvalue weighted by Crippen LogP contribution is 2.45. The van der Waals surface area contributed by atoms with Crippen molar-refractivity contribution in [2.45, 2.75) is 401 Å². The molecule has 0 aliphatic carbocycles. The molecule has 17 nitrogen and oxygen atoms in total. The van der Waals surface area contributed by atoms with E-state index in [0.29, 0.717) is 31.6 Å². The quantitative estimate of drug-likeness (QED) is 0.0222. The molecule has 0 fully saturated rings. The zero-order chi connectivity index (χ0) is 69.4. The fraction of sp³-hybridized carbons (Fsp3) is 0.947. The first-order chi connectivity index (χ1) is 45.2. The third-order valence-electron chi connectivity index (χ3n) is 17.4. The topological polar surface area (TPSA) is 237 Å². The second-order valence-corrected chi connectivity index (χ2v) is 31.4. The Labute approximate surface area is 575 Å². The Hall–Kier alpha value is -1.94. The largest absolute Gasteiger partial charge is 0.472 e. The summed E-state index contributed by atoms with van der Waals surface area (Å²) in [4.78, 5) is 72.7. The lowest BCUT2D eigenvalue weighted by atomic mass is 10.0. The number of carbonyl (C=O) groups excluding carboxylic acids is 4. The van der Waals surface area contributed by atoms with Crippen molar-refractivity contribution in [3.63, 3.8) is 0 Å². The van der Waals surface area contributed by atoms with Crippen molar-refractivity contribution in [3.8, 4) is 0 Å². The summed E-state index contributed by atoms with van der Waals surface area (Å²) < 4.78 is 68.5. The van der Waals surface area contributed by atoms with E-state index in [-0.39, 0.29) is 25.7 Å². The number of ether oxygens (including phenoxy) is 4. The van der Waals surface area contributed by atoms with Crippen LogP contribution in [0.2, 0.25) is 0 Å². The zero-order valence-corrected chi connectivity index (χ0v) is 63.2. The summed E-state index contributed by atoms with van der Waals surface area (Å²) in [5.41, 5.74) is 0. The summed E-state index contributed by atoms with van der Waals surface area (Å²) in [7, 11) is -9.91. The van der Waals surface area contributed by atoms with Gasteiger partial charge in [0, 0.05) is 25.7 Å². The van der Waals surface area contributed by atoms with Crippen molar-refractivity contribution < 1.29 is 80.2 Å². The molecule has 0 saturated carbocycles. The molecule has 0 rings (SSSR count). The highest BCUT2D eigenvalue weighted by Gasteiger charge is 2.30. The van der Waals surface area contributed by atoms with Crippen molar-refractivity contribution in [2.24, 2.45) is 17.8 Å². The minimum Gasteiger partial charge on any atom is -0.462 e. The van der Waals surface area contributed by atoms with Crippen LogP contribution in [-0.4, -0.2) is 96.7 Å². The molecule has 2 unspecified atom stereocenters. The van der Waals surface area contributed by atoms with Gasteiger partial charge in [0.1, 0.15) is 19.3 Å². The monoisotopic (exact) mass is 1380 g/mol. The second kappa shape index (κ2) is 65.7. The van der Waals surface area contributed by atoms with Gasteiger partial charge in [0.15, 0.2) is 12.2 Å². The van der Waals surface area contributed by atoms with Gasteiger partial charge in [0.2, 0.25) is 0 Å². The number of unbranched alkanes of at least 4 members (excludes halogenated alkanes) is 41. The van der Waals surface area contributed by atoms with Crippen molar-refractivity contribution in [2.75, 3.05) is 39.6 Å². The van der Waals surface area contributed by atoms with E-state index >= 15 is 0 Å². The number of rotatable bonds is 73. The minimum absolute atomic E-state index is 0.104. The van der Waals surface area contributed by atoms with Crippen LogP contribution in [0.4, 0.5) is 0 Å². The van der Waals surface area contributed by atoms with Crippen LogP contribution in [0, 0.1) is 17.8 Å². The molecule has 0 spiro atoms. The first-order valence-corrected chi connectivity index (χ1v) is 41.8. The predicted octanol–water partition coefficient (Wildman–Crippen LogP) is 21.8. The predicted molar refractivity (Wildman–Crippen MR) is 381 cm³/mol. The number of esters is 4. The van der Waals surface area contributed by atoms with Gasteiger partial charge in [-0.25, -0.2) is 9.13 Å². The van der Waals surface area contributed by atoms with Crippen LogP contribution in [0.5, 0.6) is 0 Å². The molecule has 0 aliphatic heterocycles. The number of phosphoric ester groups is 2. The van der Waals surface area contributed by atoms with Crippen molar-refractivity contribution in [3.05, 3.63) is 0 Å². The Morgan fingerprint density at radius 3 is 0.723 bits per heavy atom. The molecular weight excluding hydrogens is 1230 g/mol. The summed E-state index contributed by atoms with van der Waals surface area (Å²) in [6.07, 6.45) is 51.4. The Kier molecular flexibility index (Phi) is 64.3. The number of aliphatic hydroxyl groups is 1. The van der Waals surface area contributed by atoms with Crippen LogP contribution in [0.3, 0.4) is 0 Å². The van der Waals surface area contributed by atoms with Crippen molar-refractivity contribution in [1.82, 2.24) is 0 Å². The fourth-order valence-electron chi connectivity index (χ4n) is 11.4. The van der Waals surface area contributed by atoms with E-state index in [1.807, 2.05) is 0 Å². The van der Waals surface area contributed by atoms with Gasteiger partial charge in [-0.2, -0.15) is 0 Å². The lowest BCUT2D eigenvalue weighted by molar-refractivity contribution is -0.161. The summed E-state index contributed by atoms with van der Waals surface area (Å²) in [5.74, 6) is 0.131. The first kappa shape index (κ1) is 92.1. The van der Waals surface area contributed by atoms with E-state index in [0.717, 1.165) is 108 Å². The van der Waals surface area contributed by atoms with Gasteiger partial charge in [-0.15, -0.1) is 0 Å². The molecular formula is C75H146O17P2. The van der Waals surface area contributed by atoms with Gasteiger partial charge in [-0.1, -0.05) is 331 Å². The van der Waals surface area contributed by atoms with Gasteiger partial charge in [0.05, 0.1) is 26.4 Å². The van der Waals surface area contributed by atoms with Gasteiger partial charge in [0.25, 0.3) is 0 Å². The molecule has 3 N–H and O–H groups in total. The highest BCUT2D eigenvalue weighted by molar-refractivity contribution is 7.47. The Morgan fingerprint density at radius 1 is 0.287 bits per heavy atom. The normalized spacial score (nSPS) is 14.1. The Morgan fingerprint density at radius 2 is 0.489 bits per heavy atom. The van der Waals surface area contributed by atoms with Crippen LogP contribution in [0.25, 0.3) is 0 Å². The maximum Gasteiger partial charge on any atom is 0.472 e. The molecule has 0 saturated heterocycles. The molecule has 19 heteroatoms. The van der Waals surface area contributed by atoms with E-state index in [4.69, 9.17) is 37.0 Å². The SMILES string of the molecule is CCCCCCCCCCCCCCCC(=O)OC[C@H](COP(=O)(O)OC[C@@H](O)COP(=O)(O)OC[C@@H](COC(=O)CCCCCCCCCC(C)C)OC(=O)CCCCCCCCCCCC(C)C)OC(=O)CCCCCCCCCCCCCCCCCCC(C)C. The molecule has 0 aromatic carbocycles. The molecule has 0 aliphatic rings. The smallest absolute Gasteiger partial charge is 0.462 e. The van der Waals surface area contributed by atoms with Gasteiger partial charge in [-0.05, 0) is 43.4 Å². The molecule has 0 radical (unpaired) electrons. The van der Waals surface area contributed by atoms with Crippen molar-refractivity contribution >= 4 is 39.5 Å². The third kappa shape index (κ3) is 68.6. The molecule has 0 aromatic rings. The van der Waals surface area contributed by atoms with E-state index in [9.17, 15) is 43.2 Å². The molecule has 0 aromatic heterocycles. The maximum atomic E-state index is 13.1. The highest BCUT2D eigenvalue weighted by atomic mass is 31.2. The van der Waals surface area contributed by atoms with E-state index in [1.165, 1.54) is 186 Å². The van der Waals surface area contributed by atoms with Crippen LogP contribution in [-0.2, 0) is 65.4 Å². The lowest BCUT2D eigenvalue weighted by Gasteiger charge is -2.21. The summed E-state index contributed by atoms with van der Waals surface area (Å²) in [6.45, 7) is 11.8. The van der Waals surface area contributed by atoms with E-state index in [2.05, 4.69) is 48.5 Å². The number of hydrogen-bond acceptors (Lipinski definition) is 15. The number of carbonyl (C=O) groups is 4. The molecule has 0 amide bonds. The van der Waals surface area contributed by atoms with Crippen LogP contribution in [0.15, 0.2) is 0 Å². The van der Waals surface area contributed by atoms with Crippen LogP contribution in [0.1, 0.15) is 382 Å². The fourth-order valence-corrected chi connectivity index (χ4v) is 13.0. The average molecular weight is 1380 g/mol. The standard InChI is InChI=1S/C75H146O17P2/c1-8-9-10-11-12-13-14-19-23-28-35-42-49-56-72(77)85-62-70(91-74(79)58-51-44-36-29-24-21-18-16-15-17-20-22-26-32-39-46-53-66(2)3)64-89-93(81,82)87-60-69(76)61-88-94(83,84)90-65-71(63-86-73(78)57-50-43-38-31-34-41-48-55-68(6)7)92-75(80)59-52-45-37-30-25-27-33-40-47-54-67(4)5/h66-71,76H,8-65H2,1-7H3,(H,81,82)(H,83,84)/t69-,70-,71-/m1/s1. The lowest BCUT2D eigenvalue weighted by Crippen LogP contribution is -2.30. The van der Waals surface area contributed by atoms with Gasteiger partial charge >= 0.3 is 39.5 Å². The molecule has 558 valence electrons. The number of hydrogen-bond donors (Lipinski definition) is 3. The number of aliphatic hydroxyl groups excluding tert-OH is 1. The summed E-state index contributed by atoms with van der Waals surface area (Å²) >= 11 is 0. The van der Waals surface area contributed by atoms with Crippen molar-refractivity contribution in [1.29, 1.82) is 0 Å². The first-order valence-electron chi connectivity index (χ1n) is 38.8. The summed E-state index contributed by atoms with van der Waals surface area (Å²) in [5, 5.41) is 10.6. The van der Waals surface area contributed by atoms with E-state index < -0.39 is 97.5 Å². The van der Waals surface area contributed by atoms with Crippen LogP contribution < -0.4 is 0 Å². The van der Waals surface area contributed by atoms with Gasteiger partial charge < -0.3 is 33.8 Å². The van der Waals surface area contributed by atoms with Gasteiger partial charge in [-0.3, -0.25) is 37.3 Å². The Balaban J connectivity index is 5.23. The maximum absolute atomic E-state index is 13.1. The van der Waals surface area contributed by atoms with E-state index in [1.54, 1.807) is 0 Å². The summed E-state index contributed by atoms with van der Waals surface area (Å²) in [6, 6.07) is 0. The average Bonchev–Trinajstić information content (AvgIpc) is 1.12. The molecule has 94 heavy (non-hydrogen) atoms. The van der Waals surface area contributed by atoms with Crippen LogP contribution >= 0.6 is 15.6 Å². The third-order valence-corrected chi connectivity index (χ3v) is 19.3. The minimum atomic E-state index is -4.96. The zero-order valence-electron chi connectivity index (χ0n) is 61.4. The number of phosphoric acid groups is 2. The molecule has 0 heterocycles. The Bertz CT molecular complexity index is 1840. The second-order valence-electron chi connectivity index (χ2n) is 28.5. The molecule has 5 atom stereocenters.